The van der Waals surface area contributed by atoms with Gasteiger partial charge >= 0.3 is 6.03 Å². The predicted octanol–water partition coefficient (Wildman–Crippen LogP) is 2.26. The van der Waals surface area contributed by atoms with Gasteiger partial charge in [0.05, 0.1) is 17.3 Å². The number of carbonyl (C=O) groups is 1. The van der Waals surface area contributed by atoms with Gasteiger partial charge in [0.2, 0.25) is 0 Å². The fourth-order valence-electron chi connectivity index (χ4n) is 1.60. The summed E-state index contributed by atoms with van der Waals surface area (Å²) < 4.78 is 0. The second-order valence-corrected chi connectivity index (χ2v) is 4.48. The smallest absolute Gasteiger partial charge is 0.320 e. The van der Waals surface area contributed by atoms with Crippen LogP contribution in [0.4, 0.5) is 4.79 Å². The fraction of sp³-hybridized carbons (Fsp3) is 0.400. The molecule has 2 rings (SSSR count). The molecule has 2 amide bonds. The van der Waals surface area contributed by atoms with E-state index in [-0.39, 0.29) is 6.03 Å². The molecule has 4 nitrogen and oxygen atoms in total. The van der Waals surface area contributed by atoms with Gasteiger partial charge in [-0.3, -0.25) is 0 Å². The van der Waals surface area contributed by atoms with Crippen LogP contribution in [-0.4, -0.2) is 41.0 Å². The number of halogens is 2. The standard InChI is InChI=1S/C10H11Cl2N3O/c1-14-4-5-15(10(14)16)6-8-7(11)2-3-9(12)13-8/h2-3H,4-6H2,1H3. The van der Waals surface area contributed by atoms with E-state index < -0.39 is 0 Å². The summed E-state index contributed by atoms with van der Waals surface area (Å²) >= 11 is 11.8. The second-order valence-electron chi connectivity index (χ2n) is 3.69. The van der Waals surface area contributed by atoms with E-state index >= 15 is 0 Å². The highest BCUT2D eigenvalue weighted by atomic mass is 35.5. The molecule has 0 unspecified atom stereocenters. The van der Waals surface area contributed by atoms with Gasteiger partial charge < -0.3 is 9.80 Å². The molecule has 2 heterocycles. The van der Waals surface area contributed by atoms with Gasteiger partial charge in [0.1, 0.15) is 5.15 Å². The Bertz CT molecular complexity index is 425. The third-order valence-corrected chi connectivity index (χ3v) is 3.08. The molecule has 0 saturated carbocycles. The highest BCUT2D eigenvalue weighted by Gasteiger charge is 2.26. The minimum absolute atomic E-state index is 0.00200. The van der Waals surface area contributed by atoms with Crippen LogP contribution in [0, 0.1) is 0 Å². The molecule has 1 saturated heterocycles. The van der Waals surface area contributed by atoms with Crippen molar-refractivity contribution in [2.45, 2.75) is 6.54 Å². The van der Waals surface area contributed by atoms with Crippen LogP contribution in [0.25, 0.3) is 0 Å². The molecule has 0 aliphatic carbocycles. The first-order chi connectivity index (χ1) is 7.58. The Labute approximate surface area is 104 Å². The van der Waals surface area contributed by atoms with Crippen molar-refractivity contribution in [1.82, 2.24) is 14.8 Å². The van der Waals surface area contributed by atoms with Crippen LogP contribution in [0.5, 0.6) is 0 Å². The molecule has 0 aromatic carbocycles. The van der Waals surface area contributed by atoms with Crippen LogP contribution in [0.2, 0.25) is 10.2 Å². The lowest BCUT2D eigenvalue weighted by Gasteiger charge is -2.16. The number of aromatic nitrogens is 1. The average Bonchev–Trinajstić information content (AvgIpc) is 2.55. The summed E-state index contributed by atoms with van der Waals surface area (Å²) in [6, 6.07) is 3.32. The molecule has 0 atom stereocenters. The number of amides is 2. The largest absolute Gasteiger partial charge is 0.326 e. The van der Waals surface area contributed by atoms with Crippen molar-refractivity contribution in [2.75, 3.05) is 20.1 Å². The zero-order valence-electron chi connectivity index (χ0n) is 8.78. The summed E-state index contributed by atoms with van der Waals surface area (Å²) in [6.45, 7) is 1.83. The van der Waals surface area contributed by atoms with Crippen molar-refractivity contribution >= 4 is 29.2 Å². The molecule has 0 radical (unpaired) electrons. The molecular formula is C10H11Cl2N3O. The van der Waals surface area contributed by atoms with Crippen molar-refractivity contribution < 1.29 is 4.79 Å². The summed E-state index contributed by atoms with van der Waals surface area (Å²) in [5, 5.41) is 0.922. The fourth-order valence-corrected chi connectivity index (χ4v) is 1.93. The van der Waals surface area contributed by atoms with Crippen LogP contribution in [0.15, 0.2) is 12.1 Å². The number of likely N-dealkylation sites (N-methyl/N-ethyl adjacent to an activating group) is 1. The Hall–Kier alpha value is -1.00. The van der Waals surface area contributed by atoms with E-state index in [1.54, 1.807) is 29.0 Å². The van der Waals surface area contributed by atoms with Gasteiger partial charge in [-0.25, -0.2) is 9.78 Å². The molecule has 0 N–H and O–H groups in total. The first kappa shape index (κ1) is 11.5. The molecule has 0 bridgehead atoms. The monoisotopic (exact) mass is 259 g/mol. The van der Waals surface area contributed by atoms with Crippen molar-refractivity contribution in [3.63, 3.8) is 0 Å². The van der Waals surface area contributed by atoms with E-state index in [1.807, 2.05) is 0 Å². The number of pyridine rings is 1. The topological polar surface area (TPSA) is 36.4 Å². The van der Waals surface area contributed by atoms with Crippen molar-refractivity contribution in [2.24, 2.45) is 0 Å². The minimum Gasteiger partial charge on any atom is -0.326 e. The maximum atomic E-state index is 11.7. The Morgan fingerprint density at radius 3 is 2.75 bits per heavy atom. The van der Waals surface area contributed by atoms with Crippen LogP contribution in [-0.2, 0) is 6.54 Å². The Balaban J connectivity index is 2.15. The van der Waals surface area contributed by atoms with E-state index in [0.29, 0.717) is 29.0 Å². The van der Waals surface area contributed by atoms with E-state index in [0.717, 1.165) is 6.54 Å². The molecule has 0 spiro atoms. The predicted molar refractivity (Wildman–Crippen MR) is 62.7 cm³/mol. The van der Waals surface area contributed by atoms with Crippen LogP contribution < -0.4 is 0 Å². The maximum absolute atomic E-state index is 11.7. The number of rotatable bonds is 2. The van der Waals surface area contributed by atoms with Gasteiger partial charge in [0.25, 0.3) is 0 Å². The number of nitrogens with zero attached hydrogens (tertiary/aromatic N) is 3. The lowest BCUT2D eigenvalue weighted by atomic mass is 10.3. The molecule has 1 aromatic rings. The highest BCUT2D eigenvalue weighted by Crippen LogP contribution is 2.20. The molecule has 16 heavy (non-hydrogen) atoms. The molecule has 1 aliphatic heterocycles. The molecule has 1 aliphatic rings. The number of urea groups is 1. The average molecular weight is 260 g/mol. The quantitative estimate of drug-likeness (QED) is 0.765. The lowest BCUT2D eigenvalue weighted by molar-refractivity contribution is 0.196. The number of carbonyl (C=O) groups excluding carboxylic acids is 1. The van der Waals surface area contributed by atoms with Crippen molar-refractivity contribution in [3.8, 4) is 0 Å². The van der Waals surface area contributed by atoms with Crippen LogP contribution >= 0.6 is 23.2 Å². The first-order valence-corrected chi connectivity index (χ1v) is 5.64. The third-order valence-electron chi connectivity index (χ3n) is 2.53. The summed E-state index contributed by atoms with van der Waals surface area (Å²) in [7, 11) is 1.77. The summed E-state index contributed by atoms with van der Waals surface area (Å²) in [4.78, 5) is 19.1. The molecule has 1 fully saturated rings. The van der Waals surface area contributed by atoms with Gasteiger partial charge in [-0.15, -0.1) is 0 Å². The zero-order chi connectivity index (χ0) is 11.7. The molecule has 6 heteroatoms. The summed E-state index contributed by atoms with van der Waals surface area (Å²) in [5.41, 5.74) is 0.637. The van der Waals surface area contributed by atoms with Crippen LogP contribution in [0.3, 0.4) is 0 Å². The second kappa shape index (κ2) is 4.47. The van der Waals surface area contributed by atoms with E-state index in [4.69, 9.17) is 23.2 Å². The van der Waals surface area contributed by atoms with Crippen molar-refractivity contribution in [3.05, 3.63) is 28.0 Å². The number of hydrogen-bond donors (Lipinski definition) is 0. The van der Waals surface area contributed by atoms with Gasteiger partial charge in [-0.05, 0) is 12.1 Å². The summed E-state index contributed by atoms with van der Waals surface area (Å²) in [6.07, 6.45) is 0. The first-order valence-electron chi connectivity index (χ1n) is 4.89. The van der Waals surface area contributed by atoms with Crippen molar-refractivity contribution in [1.29, 1.82) is 0 Å². The lowest BCUT2D eigenvalue weighted by Crippen LogP contribution is -2.29. The zero-order valence-corrected chi connectivity index (χ0v) is 10.3. The van der Waals surface area contributed by atoms with E-state index in [9.17, 15) is 4.79 Å². The molecule has 86 valence electrons. The SMILES string of the molecule is CN1CCN(Cc2nc(Cl)ccc2Cl)C1=O. The molecular weight excluding hydrogens is 249 g/mol. The van der Waals surface area contributed by atoms with Gasteiger partial charge in [0, 0.05) is 20.1 Å². The van der Waals surface area contributed by atoms with Gasteiger partial charge in [-0.2, -0.15) is 0 Å². The van der Waals surface area contributed by atoms with Gasteiger partial charge in [-0.1, -0.05) is 23.2 Å². The molecule has 1 aromatic heterocycles. The Kier molecular flexibility index (Phi) is 3.21. The minimum atomic E-state index is -0.00200. The summed E-state index contributed by atoms with van der Waals surface area (Å²) in [5.74, 6) is 0. The normalized spacial score (nSPS) is 16.1. The maximum Gasteiger partial charge on any atom is 0.320 e. The third kappa shape index (κ3) is 2.23. The van der Waals surface area contributed by atoms with Gasteiger partial charge in [0.15, 0.2) is 0 Å². The van der Waals surface area contributed by atoms with E-state index in [2.05, 4.69) is 4.98 Å². The Morgan fingerprint density at radius 2 is 2.12 bits per heavy atom. The Morgan fingerprint density at radius 1 is 1.38 bits per heavy atom. The number of hydrogen-bond acceptors (Lipinski definition) is 2. The van der Waals surface area contributed by atoms with Crippen LogP contribution in [0.1, 0.15) is 5.69 Å². The van der Waals surface area contributed by atoms with E-state index in [1.165, 1.54) is 0 Å². The highest BCUT2D eigenvalue weighted by molar-refractivity contribution is 6.32.